The zero-order chi connectivity index (χ0) is 16.8. The van der Waals surface area contributed by atoms with Crippen LogP contribution in [0.4, 0.5) is 5.69 Å². The number of anilines is 1. The third kappa shape index (κ3) is 2.66. The zero-order valence-electron chi connectivity index (χ0n) is 12.4. The lowest BCUT2D eigenvalue weighted by molar-refractivity contribution is -0.119. The quantitative estimate of drug-likeness (QED) is 0.755. The van der Waals surface area contributed by atoms with Gasteiger partial charge in [-0.2, -0.15) is 5.10 Å². The van der Waals surface area contributed by atoms with Crippen LogP contribution in [0.1, 0.15) is 12.0 Å². The molecule has 122 valence electrons. The fourth-order valence-electron chi connectivity index (χ4n) is 3.01. The summed E-state index contributed by atoms with van der Waals surface area (Å²) >= 11 is 12.0. The van der Waals surface area contributed by atoms with E-state index >= 15 is 0 Å². The van der Waals surface area contributed by atoms with Gasteiger partial charge in [0.25, 0.3) is 0 Å². The van der Waals surface area contributed by atoms with Crippen LogP contribution in [0.15, 0.2) is 52.5 Å². The predicted octanol–water partition coefficient (Wildman–Crippen LogP) is 3.87. The van der Waals surface area contributed by atoms with Gasteiger partial charge in [-0.05, 0) is 42.5 Å². The average molecular weight is 379 g/mol. The zero-order valence-corrected chi connectivity index (χ0v) is 14.7. The van der Waals surface area contributed by atoms with Crippen LogP contribution in [0.5, 0.6) is 0 Å². The minimum Gasteiger partial charge on any atom is -0.273 e. The highest BCUT2D eigenvalue weighted by Crippen LogP contribution is 2.34. The molecule has 2 atom stereocenters. The highest BCUT2D eigenvalue weighted by Gasteiger charge is 2.37. The summed E-state index contributed by atoms with van der Waals surface area (Å²) in [4.78, 5) is 13.2. The first-order chi connectivity index (χ1) is 11.5. The Bertz CT molecular complexity index is 896. The predicted molar refractivity (Wildman–Crippen MR) is 96.3 cm³/mol. The Morgan fingerprint density at radius 2 is 1.79 bits per heavy atom. The van der Waals surface area contributed by atoms with Crippen molar-refractivity contribution in [2.45, 2.75) is 11.3 Å². The van der Waals surface area contributed by atoms with Gasteiger partial charge in [-0.1, -0.05) is 23.2 Å². The third-order valence-corrected chi connectivity index (χ3v) is 6.18. The first kappa shape index (κ1) is 15.8. The summed E-state index contributed by atoms with van der Waals surface area (Å²) in [5.74, 6) is 0.148. The Kier molecular flexibility index (Phi) is 3.95. The summed E-state index contributed by atoms with van der Waals surface area (Å²) in [5.41, 5.74) is 2.19. The van der Waals surface area contributed by atoms with Gasteiger partial charge >= 0.3 is 0 Å². The summed E-state index contributed by atoms with van der Waals surface area (Å²) in [6, 6.07) is 12.2. The molecule has 1 amide bonds. The molecule has 0 aromatic heterocycles. The number of halogens is 2. The SMILES string of the molecule is O=C1CC2CS(=O)c3ccc(Cl)cc3C2=NN1c1ccc(Cl)cc1. The molecule has 2 aliphatic heterocycles. The van der Waals surface area contributed by atoms with E-state index in [-0.39, 0.29) is 18.2 Å². The van der Waals surface area contributed by atoms with Crippen LogP contribution in [-0.4, -0.2) is 21.6 Å². The van der Waals surface area contributed by atoms with Crippen molar-refractivity contribution in [2.75, 3.05) is 10.8 Å². The number of hydrogen-bond donors (Lipinski definition) is 0. The number of fused-ring (bicyclic) bond motifs is 3. The molecule has 2 unspecified atom stereocenters. The number of rotatable bonds is 1. The lowest BCUT2D eigenvalue weighted by Crippen LogP contribution is -2.41. The van der Waals surface area contributed by atoms with Crippen molar-refractivity contribution in [1.82, 2.24) is 0 Å². The molecule has 0 saturated heterocycles. The number of hydrazone groups is 1. The van der Waals surface area contributed by atoms with E-state index in [1.807, 2.05) is 0 Å². The van der Waals surface area contributed by atoms with E-state index in [4.69, 9.17) is 23.2 Å². The van der Waals surface area contributed by atoms with E-state index in [1.54, 1.807) is 42.5 Å². The van der Waals surface area contributed by atoms with Crippen molar-refractivity contribution in [2.24, 2.45) is 11.0 Å². The fourth-order valence-corrected chi connectivity index (χ4v) is 4.76. The molecule has 24 heavy (non-hydrogen) atoms. The van der Waals surface area contributed by atoms with Crippen LogP contribution >= 0.6 is 23.2 Å². The second-order valence-electron chi connectivity index (χ2n) is 5.72. The Labute approximate surface area is 151 Å². The summed E-state index contributed by atoms with van der Waals surface area (Å²) in [6.45, 7) is 0. The molecule has 0 fully saturated rings. The number of benzene rings is 2. The van der Waals surface area contributed by atoms with E-state index in [9.17, 15) is 9.00 Å². The minimum atomic E-state index is -1.14. The van der Waals surface area contributed by atoms with E-state index in [1.165, 1.54) is 5.01 Å². The maximum atomic E-state index is 12.5. The Morgan fingerprint density at radius 1 is 1.08 bits per heavy atom. The number of hydrogen-bond acceptors (Lipinski definition) is 3. The first-order valence-electron chi connectivity index (χ1n) is 7.38. The summed E-state index contributed by atoms with van der Waals surface area (Å²) in [6.07, 6.45) is 0.277. The fraction of sp³-hybridized carbons (Fsp3) is 0.176. The topological polar surface area (TPSA) is 49.7 Å². The number of carbonyl (C=O) groups is 1. The van der Waals surface area contributed by atoms with Gasteiger partial charge < -0.3 is 0 Å². The van der Waals surface area contributed by atoms with Gasteiger partial charge in [0.05, 0.1) is 22.2 Å². The normalized spacial score (nSPS) is 22.7. The molecule has 0 radical (unpaired) electrons. The van der Waals surface area contributed by atoms with Crippen molar-refractivity contribution in [3.05, 3.63) is 58.1 Å². The molecule has 2 heterocycles. The molecule has 0 bridgehead atoms. The van der Waals surface area contributed by atoms with Crippen molar-refractivity contribution in [3.8, 4) is 0 Å². The smallest absolute Gasteiger partial charge is 0.248 e. The second-order valence-corrected chi connectivity index (χ2v) is 8.06. The standard InChI is InChI=1S/C17H12Cl2N2O2S/c18-11-1-4-13(5-2-11)21-16(22)7-10-9-24(23)15-6-3-12(19)8-14(15)17(10)20-21/h1-6,8,10H,7,9H2. The average Bonchev–Trinajstić information content (AvgIpc) is 2.55. The molecule has 4 nitrogen and oxygen atoms in total. The first-order valence-corrected chi connectivity index (χ1v) is 9.46. The van der Waals surface area contributed by atoms with Gasteiger partial charge in [0.1, 0.15) is 0 Å². The highest BCUT2D eigenvalue weighted by molar-refractivity contribution is 7.85. The van der Waals surface area contributed by atoms with Gasteiger partial charge in [0.2, 0.25) is 5.91 Å². The molecule has 2 aromatic rings. The Hall–Kier alpha value is -1.69. The molecule has 2 aromatic carbocycles. The van der Waals surface area contributed by atoms with Crippen molar-refractivity contribution in [3.63, 3.8) is 0 Å². The number of amides is 1. The molecule has 7 heteroatoms. The van der Waals surface area contributed by atoms with Gasteiger partial charge in [-0.15, -0.1) is 0 Å². The van der Waals surface area contributed by atoms with Crippen LogP contribution in [0.25, 0.3) is 0 Å². The molecule has 2 aliphatic rings. The monoisotopic (exact) mass is 378 g/mol. The van der Waals surface area contributed by atoms with E-state index in [0.717, 1.165) is 16.2 Å². The van der Waals surface area contributed by atoms with E-state index in [2.05, 4.69) is 5.10 Å². The molecular formula is C17H12Cl2N2O2S. The Balaban J connectivity index is 1.84. The van der Waals surface area contributed by atoms with Gasteiger partial charge in [-0.3, -0.25) is 9.00 Å². The van der Waals surface area contributed by atoms with Crippen LogP contribution in [-0.2, 0) is 15.6 Å². The van der Waals surface area contributed by atoms with Crippen LogP contribution < -0.4 is 5.01 Å². The maximum Gasteiger partial charge on any atom is 0.248 e. The molecular weight excluding hydrogens is 367 g/mol. The minimum absolute atomic E-state index is 0.117. The largest absolute Gasteiger partial charge is 0.273 e. The molecule has 0 spiro atoms. The third-order valence-electron chi connectivity index (χ3n) is 4.14. The van der Waals surface area contributed by atoms with Gasteiger partial charge in [-0.25, -0.2) is 5.01 Å². The Morgan fingerprint density at radius 3 is 2.54 bits per heavy atom. The molecule has 0 aliphatic carbocycles. The van der Waals surface area contributed by atoms with E-state index in [0.29, 0.717) is 21.5 Å². The van der Waals surface area contributed by atoms with E-state index < -0.39 is 10.8 Å². The van der Waals surface area contributed by atoms with Crippen LogP contribution in [0.2, 0.25) is 10.0 Å². The summed E-state index contributed by atoms with van der Waals surface area (Å²) in [5, 5.41) is 7.11. The van der Waals surface area contributed by atoms with Crippen LogP contribution in [0, 0.1) is 5.92 Å². The van der Waals surface area contributed by atoms with Crippen LogP contribution in [0.3, 0.4) is 0 Å². The maximum absolute atomic E-state index is 12.5. The molecule has 4 rings (SSSR count). The second kappa shape index (κ2) is 5.99. The highest BCUT2D eigenvalue weighted by atomic mass is 35.5. The van der Waals surface area contributed by atoms with Crippen molar-refractivity contribution < 1.29 is 9.00 Å². The molecule has 0 N–H and O–H groups in total. The summed E-state index contributed by atoms with van der Waals surface area (Å²) in [7, 11) is -1.14. The van der Waals surface area contributed by atoms with Crippen molar-refractivity contribution in [1.29, 1.82) is 0 Å². The summed E-state index contributed by atoms with van der Waals surface area (Å²) < 4.78 is 12.4. The lowest BCUT2D eigenvalue weighted by atomic mass is 9.93. The van der Waals surface area contributed by atoms with Gasteiger partial charge in [0.15, 0.2) is 0 Å². The number of carbonyl (C=O) groups excluding carboxylic acids is 1. The van der Waals surface area contributed by atoms with Gasteiger partial charge in [0, 0.05) is 38.6 Å². The van der Waals surface area contributed by atoms with Crippen molar-refractivity contribution >= 4 is 51.3 Å². The lowest BCUT2D eigenvalue weighted by Gasteiger charge is -2.32. The number of nitrogens with zero attached hydrogens (tertiary/aromatic N) is 2. The molecule has 0 saturated carbocycles.